The molecule has 1 nitrogen and oxygen atoms in total. The van der Waals surface area contributed by atoms with Crippen LogP contribution in [-0.2, 0) is 0 Å². The third kappa shape index (κ3) is 6.89. The molecule has 0 aliphatic heterocycles. The average Bonchev–Trinajstić information content (AvgIpc) is 2.40. The Balaban J connectivity index is 0. The minimum absolute atomic E-state index is 0. The predicted octanol–water partition coefficient (Wildman–Crippen LogP) is 6.90. The van der Waals surface area contributed by atoms with Gasteiger partial charge in [0, 0.05) is 11.9 Å². The summed E-state index contributed by atoms with van der Waals surface area (Å²) >= 11 is 0. The number of hydrogen-bond donors (Lipinski definition) is 0. The van der Waals surface area contributed by atoms with Crippen molar-refractivity contribution in [3.8, 4) is 0 Å². The molecule has 22 heavy (non-hydrogen) atoms. The third-order valence-electron chi connectivity index (χ3n) is 3.48. The minimum Gasteiger partial charge on any atom is -0.261 e. The molecule has 2 aromatic rings. The summed E-state index contributed by atoms with van der Waals surface area (Å²) in [5.74, 6) is 1.25. The van der Waals surface area contributed by atoms with Crippen LogP contribution in [0.4, 0.5) is 0 Å². The monoisotopic (exact) mass is 301 g/mol. The van der Waals surface area contributed by atoms with E-state index in [-0.39, 0.29) is 14.9 Å². The SMILES string of the molecule is C.C.Cc1ccccc1C(C)C.Cc1ncccc1C(C)C. The number of hydrogen-bond acceptors (Lipinski definition) is 1. The summed E-state index contributed by atoms with van der Waals surface area (Å²) in [4.78, 5) is 4.20. The molecule has 0 bridgehead atoms. The third-order valence-corrected chi connectivity index (χ3v) is 3.48. The summed E-state index contributed by atoms with van der Waals surface area (Å²) in [6.45, 7) is 13.0. The number of nitrogens with zero attached hydrogens (tertiary/aromatic N) is 1. The van der Waals surface area contributed by atoms with Crippen LogP contribution in [0.3, 0.4) is 0 Å². The molecule has 1 aromatic carbocycles. The minimum atomic E-state index is 0. The molecule has 0 saturated heterocycles. The van der Waals surface area contributed by atoms with Gasteiger partial charge in [-0.05, 0) is 48.4 Å². The molecule has 1 heteroatoms. The van der Waals surface area contributed by atoms with Gasteiger partial charge in [-0.1, -0.05) is 72.9 Å². The second-order valence-corrected chi connectivity index (χ2v) is 5.84. The van der Waals surface area contributed by atoms with Crippen LogP contribution >= 0.6 is 0 Å². The Morgan fingerprint density at radius 1 is 0.727 bits per heavy atom. The van der Waals surface area contributed by atoms with Crippen LogP contribution in [0.15, 0.2) is 42.6 Å². The first-order valence-electron chi connectivity index (χ1n) is 7.40. The Morgan fingerprint density at radius 2 is 1.23 bits per heavy atom. The Labute approximate surface area is 138 Å². The van der Waals surface area contributed by atoms with Crippen LogP contribution in [0.5, 0.6) is 0 Å². The first-order chi connectivity index (χ1) is 9.43. The van der Waals surface area contributed by atoms with E-state index in [2.05, 4.69) is 76.9 Å². The highest BCUT2D eigenvalue weighted by molar-refractivity contribution is 5.27. The van der Waals surface area contributed by atoms with Crippen molar-refractivity contribution < 1.29 is 0 Å². The Morgan fingerprint density at radius 3 is 1.59 bits per heavy atom. The fourth-order valence-electron chi connectivity index (χ4n) is 2.34. The number of benzene rings is 1. The van der Waals surface area contributed by atoms with Gasteiger partial charge in [0.15, 0.2) is 0 Å². The maximum absolute atomic E-state index is 4.20. The molecule has 0 unspecified atom stereocenters. The smallest absolute Gasteiger partial charge is 0.0407 e. The molecule has 0 aliphatic carbocycles. The van der Waals surface area contributed by atoms with Crippen LogP contribution in [0, 0.1) is 13.8 Å². The van der Waals surface area contributed by atoms with Gasteiger partial charge in [0.2, 0.25) is 0 Å². The van der Waals surface area contributed by atoms with Gasteiger partial charge in [-0.15, -0.1) is 0 Å². The van der Waals surface area contributed by atoms with E-state index in [0.717, 1.165) is 5.69 Å². The van der Waals surface area contributed by atoms with Gasteiger partial charge >= 0.3 is 0 Å². The van der Waals surface area contributed by atoms with Gasteiger partial charge in [0.1, 0.15) is 0 Å². The maximum atomic E-state index is 4.20. The first-order valence-corrected chi connectivity index (χ1v) is 7.40. The second-order valence-electron chi connectivity index (χ2n) is 5.84. The molecule has 1 heterocycles. The van der Waals surface area contributed by atoms with Crippen molar-refractivity contribution in [1.29, 1.82) is 0 Å². The quantitative estimate of drug-likeness (QED) is 0.587. The lowest BCUT2D eigenvalue weighted by molar-refractivity contribution is 0.843. The summed E-state index contributed by atoms with van der Waals surface area (Å²) < 4.78 is 0. The Hall–Kier alpha value is -1.63. The standard InChI is InChI=1S/C10H14.C9H13N.2CH4/c1-8(2)10-7-5-4-6-9(10)3;1-7(2)9-5-4-6-10-8(9)3;;/h4-8H,1-3H3;4-7H,1-3H3;2*1H4. The zero-order valence-electron chi connectivity index (χ0n) is 13.6. The van der Waals surface area contributed by atoms with Crippen molar-refractivity contribution in [2.45, 2.75) is 68.2 Å². The lowest BCUT2D eigenvalue weighted by Crippen LogP contribution is -1.92. The molecule has 2 rings (SSSR count). The molecule has 1 aromatic heterocycles. The van der Waals surface area contributed by atoms with Crippen LogP contribution in [-0.4, -0.2) is 4.98 Å². The van der Waals surface area contributed by atoms with Gasteiger partial charge in [-0.3, -0.25) is 4.98 Å². The van der Waals surface area contributed by atoms with E-state index in [4.69, 9.17) is 0 Å². The van der Waals surface area contributed by atoms with Crippen molar-refractivity contribution >= 4 is 0 Å². The van der Waals surface area contributed by atoms with E-state index in [1.165, 1.54) is 16.7 Å². The van der Waals surface area contributed by atoms with Gasteiger partial charge in [-0.25, -0.2) is 0 Å². The van der Waals surface area contributed by atoms with Crippen LogP contribution in [0.2, 0.25) is 0 Å². The number of rotatable bonds is 2. The van der Waals surface area contributed by atoms with Gasteiger partial charge in [-0.2, -0.15) is 0 Å². The van der Waals surface area contributed by atoms with Crippen molar-refractivity contribution in [1.82, 2.24) is 4.98 Å². The molecule has 0 fully saturated rings. The number of aryl methyl sites for hydroxylation is 2. The zero-order valence-corrected chi connectivity index (χ0v) is 13.6. The van der Waals surface area contributed by atoms with Crippen molar-refractivity contribution in [3.63, 3.8) is 0 Å². The number of aromatic nitrogens is 1. The van der Waals surface area contributed by atoms with Crippen molar-refractivity contribution in [3.05, 3.63) is 65.0 Å². The maximum Gasteiger partial charge on any atom is 0.0407 e. The molecule has 0 N–H and O–H groups in total. The highest BCUT2D eigenvalue weighted by atomic mass is 14.7. The van der Waals surface area contributed by atoms with E-state index in [9.17, 15) is 0 Å². The van der Waals surface area contributed by atoms with Gasteiger partial charge in [0.05, 0.1) is 0 Å². The largest absolute Gasteiger partial charge is 0.261 e. The highest BCUT2D eigenvalue weighted by Gasteiger charge is 2.01. The molecule has 0 spiro atoms. The summed E-state index contributed by atoms with van der Waals surface area (Å²) in [7, 11) is 0. The lowest BCUT2D eigenvalue weighted by Gasteiger charge is -2.07. The molecule has 0 radical (unpaired) electrons. The van der Waals surface area contributed by atoms with Gasteiger partial charge in [0.25, 0.3) is 0 Å². The van der Waals surface area contributed by atoms with E-state index in [1.54, 1.807) is 0 Å². The second kappa shape index (κ2) is 11.0. The normalized spacial score (nSPS) is 9.45. The fraction of sp³-hybridized carbons (Fsp3) is 0.476. The molecular formula is C21H35N. The predicted molar refractivity (Wildman–Crippen MR) is 102 cm³/mol. The fourth-order valence-corrected chi connectivity index (χ4v) is 2.34. The Bertz CT molecular complexity index is 477. The van der Waals surface area contributed by atoms with E-state index in [0.29, 0.717) is 11.8 Å². The van der Waals surface area contributed by atoms with E-state index in [1.807, 2.05) is 12.3 Å². The molecule has 0 amide bonds. The summed E-state index contributed by atoms with van der Waals surface area (Å²) in [6, 6.07) is 12.7. The van der Waals surface area contributed by atoms with E-state index >= 15 is 0 Å². The van der Waals surface area contributed by atoms with Crippen molar-refractivity contribution in [2.24, 2.45) is 0 Å². The van der Waals surface area contributed by atoms with Crippen LogP contribution < -0.4 is 0 Å². The van der Waals surface area contributed by atoms with Crippen LogP contribution in [0.25, 0.3) is 0 Å². The average molecular weight is 302 g/mol. The van der Waals surface area contributed by atoms with Gasteiger partial charge < -0.3 is 0 Å². The summed E-state index contributed by atoms with van der Waals surface area (Å²) in [5.41, 5.74) is 5.36. The molecule has 0 saturated carbocycles. The van der Waals surface area contributed by atoms with Crippen molar-refractivity contribution in [2.75, 3.05) is 0 Å². The highest BCUT2D eigenvalue weighted by Crippen LogP contribution is 2.17. The molecular weight excluding hydrogens is 266 g/mol. The first kappa shape index (κ1) is 22.6. The summed E-state index contributed by atoms with van der Waals surface area (Å²) in [6.07, 6.45) is 1.83. The zero-order chi connectivity index (χ0) is 15.1. The molecule has 124 valence electrons. The van der Waals surface area contributed by atoms with Crippen LogP contribution in [0.1, 0.15) is 76.8 Å². The lowest BCUT2D eigenvalue weighted by atomic mass is 9.99. The van der Waals surface area contributed by atoms with E-state index < -0.39 is 0 Å². The summed E-state index contributed by atoms with van der Waals surface area (Å²) in [5, 5.41) is 0. The topological polar surface area (TPSA) is 12.9 Å². The number of pyridine rings is 1. The Kier molecular flexibility index (Phi) is 11.3. The molecule has 0 aliphatic rings. The molecule has 0 atom stereocenters.